The molecule has 0 unspecified atom stereocenters. The molecule has 0 saturated carbocycles. The summed E-state index contributed by atoms with van der Waals surface area (Å²) in [6.07, 6.45) is 18.2. The molecular formula is C33H51O4P. The number of benzene rings is 2. The van der Waals surface area contributed by atoms with E-state index < -0.39 is 7.82 Å². The summed E-state index contributed by atoms with van der Waals surface area (Å²) in [6.45, 7) is 8.86. The van der Waals surface area contributed by atoms with E-state index in [1.807, 2.05) is 0 Å². The Bertz CT molecular complexity index is 982. The van der Waals surface area contributed by atoms with E-state index in [0.717, 1.165) is 99.3 Å². The maximum Gasteiger partial charge on any atom is 0.584 e. The Morgan fingerprint density at radius 3 is 1.34 bits per heavy atom. The van der Waals surface area contributed by atoms with Gasteiger partial charge in [0.15, 0.2) is 0 Å². The molecule has 212 valence electrons. The molecule has 0 aromatic heterocycles. The standard InChI is InChI=1S/C33H51O4P/c1-5-9-13-17-26-21-28(19-15-11-7-3)32-30(23-26)25-31-24-27(18-14-10-6-2)22-29(20-16-12-8-4)33(31)37-38(34,35)36-32/h21-24H,5-20,25H2,1-4H3,(H,34,35). The van der Waals surface area contributed by atoms with E-state index in [0.29, 0.717) is 17.9 Å². The van der Waals surface area contributed by atoms with Crippen molar-refractivity contribution in [2.75, 3.05) is 0 Å². The zero-order chi connectivity index (χ0) is 27.4. The second kappa shape index (κ2) is 15.7. The minimum Gasteiger partial charge on any atom is -0.395 e. The summed E-state index contributed by atoms with van der Waals surface area (Å²) in [5, 5.41) is 0. The van der Waals surface area contributed by atoms with Crippen LogP contribution in [-0.2, 0) is 36.7 Å². The van der Waals surface area contributed by atoms with Crippen LogP contribution in [-0.4, -0.2) is 4.89 Å². The van der Waals surface area contributed by atoms with Gasteiger partial charge in [0.1, 0.15) is 11.5 Å². The summed E-state index contributed by atoms with van der Waals surface area (Å²) in [5.74, 6) is 1.14. The molecular weight excluding hydrogens is 491 g/mol. The predicted octanol–water partition coefficient (Wildman–Crippen LogP) is 10.1. The first-order chi connectivity index (χ1) is 18.4. The summed E-state index contributed by atoms with van der Waals surface area (Å²) in [7, 11) is -4.34. The summed E-state index contributed by atoms with van der Waals surface area (Å²) < 4.78 is 25.2. The highest BCUT2D eigenvalue weighted by Gasteiger charge is 2.33. The maximum atomic E-state index is 13.4. The van der Waals surface area contributed by atoms with Gasteiger partial charge in [-0.2, -0.15) is 0 Å². The topological polar surface area (TPSA) is 55.8 Å². The molecule has 38 heavy (non-hydrogen) atoms. The highest BCUT2D eigenvalue weighted by molar-refractivity contribution is 7.48. The average molecular weight is 543 g/mol. The fourth-order valence-electron chi connectivity index (χ4n) is 5.55. The van der Waals surface area contributed by atoms with E-state index in [2.05, 4.69) is 52.0 Å². The predicted molar refractivity (Wildman–Crippen MR) is 160 cm³/mol. The van der Waals surface area contributed by atoms with E-state index in [1.165, 1.54) is 36.8 Å². The van der Waals surface area contributed by atoms with Gasteiger partial charge in [0.25, 0.3) is 0 Å². The highest BCUT2D eigenvalue weighted by atomic mass is 31.2. The van der Waals surface area contributed by atoms with Crippen molar-refractivity contribution in [2.24, 2.45) is 0 Å². The van der Waals surface area contributed by atoms with Crippen LogP contribution in [0, 0.1) is 0 Å². The smallest absolute Gasteiger partial charge is 0.395 e. The third-order valence-electron chi connectivity index (χ3n) is 7.64. The molecule has 5 heteroatoms. The van der Waals surface area contributed by atoms with Crippen LogP contribution in [0.5, 0.6) is 11.5 Å². The fraction of sp³-hybridized carbons (Fsp3) is 0.636. The Balaban J connectivity index is 2.09. The summed E-state index contributed by atoms with van der Waals surface area (Å²) >= 11 is 0. The number of rotatable bonds is 16. The third-order valence-corrected chi connectivity index (χ3v) is 8.46. The fourth-order valence-corrected chi connectivity index (χ4v) is 6.52. The second-order valence-electron chi connectivity index (χ2n) is 11.1. The largest absolute Gasteiger partial charge is 0.584 e. The Kier molecular flexibility index (Phi) is 12.7. The number of aryl methyl sites for hydroxylation is 4. The minimum absolute atomic E-state index is 0.570. The van der Waals surface area contributed by atoms with Gasteiger partial charge in [0.05, 0.1) is 0 Å². The third kappa shape index (κ3) is 9.16. The van der Waals surface area contributed by atoms with Gasteiger partial charge in [-0.1, -0.05) is 103 Å². The lowest BCUT2D eigenvalue weighted by Gasteiger charge is -2.26. The molecule has 1 aliphatic rings. The molecule has 4 nitrogen and oxygen atoms in total. The van der Waals surface area contributed by atoms with Gasteiger partial charge in [-0.3, -0.25) is 4.89 Å². The van der Waals surface area contributed by atoms with E-state index in [1.54, 1.807) is 0 Å². The Hall–Kier alpha value is -1.77. The van der Waals surface area contributed by atoms with E-state index in [9.17, 15) is 9.46 Å². The zero-order valence-corrected chi connectivity index (χ0v) is 25.3. The van der Waals surface area contributed by atoms with E-state index >= 15 is 0 Å². The van der Waals surface area contributed by atoms with Crippen LogP contribution >= 0.6 is 7.82 Å². The second-order valence-corrected chi connectivity index (χ2v) is 12.4. The first-order valence-electron chi connectivity index (χ1n) is 15.4. The molecule has 0 atom stereocenters. The van der Waals surface area contributed by atoms with Gasteiger partial charge in [-0.05, 0) is 84.7 Å². The van der Waals surface area contributed by atoms with E-state index in [4.69, 9.17) is 9.05 Å². The Morgan fingerprint density at radius 2 is 0.974 bits per heavy atom. The Morgan fingerprint density at radius 1 is 0.605 bits per heavy atom. The molecule has 1 heterocycles. The summed E-state index contributed by atoms with van der Waals surface area (Å²) in [6, 6.07) is 8.88. The van der Waals surface area contributed by atoms with Crippen molar-refractivity contribution in [2.45, 2.75) is 137 Å². The molecule has 0 fully saturated rings. The lowest BCUT2D eigenvalue weighted by molar-refractivity contribution is 0.284. The van der Waals surface area contributed by atoms with Crippen molar-refractivity contribution >= 4 is 7.82 Å². The Labute approximate surface area is 232 Å². The lowest BCUT2D eigenvalue weighted by atomic mass is 9.90. The van der Waals surface area contributed by atoms with Gasteiger partial charge in [0.2, 0.25) is 0 Å². The van der Waals surface area contributed by atoms with Crippen molar-refractivity contribution < 1.29 is 18.5 Å². The molecule has 0 aliphatic carbocycles. The molecule has 0 radical (unpaired) electrons. The number of unbranched alkanes of at least 4 members (excludes halogenated alkanes) is 8. The van der Waals surface area contributed by atoms with Crippen LogP contribution in [0.25, 0.3) is 0 Å². The van der Waals surface area contributed by atoms with Crippen LogP contribution < -0.4 is 9.05 Å². The summed E-state index contributed by atoms with van der Waals surface area (Å²) in [5.41, 5.74) is 6.76. The van der Waals surface area contributed by atoms with Gasteiger partial charge in [-0.15, -0.1) is 0 Å². The van der Waals surface area contributed by atoms with Crippen LogP contribution in [0.3, 0.4) is 0 Å². The van der Waals surface area contributed by atoms with Crippen LogP contribution in [0.2, 0.25) is 0 Å². The van der Waals surface area contributed by atoms with Crippen LogP contribution in [0.1, 0.15) is 138 Å². The molecule has 1 N–H and O–H groups in total. The molecule has 3 rings (SSSR count). The van der Waals surface area contributed by atoms with Crippen molar-refractivity contribution in [3.63, 3.8) is 0 Å². The zero-order valence-electron chi connectivity index (χ0n) is 24.4. The van der Waals surface area contributed by atoms with Crippen molar-refractivity contribution in [3.05, 3.63) is 57.6 Å². The average Bonchev–Trinajstić information content (AvgIpc) is 2.87. The quantitative estimate of drug-likeness (QED) is 0.169. The number of fused-ring (bicyclic) bond motifs is 2. The lowest BCUT2D eigenvalue weighted by Crippen LogP contribution is -2.12. The molecule has 0 bridgehead atoms. The normalized spacial score (nSPS) is 14.1. The monoisotopic (exact) mass is 542 g/mol. The summed E-state index contributed by atoms with van der Waals surface area (Å²) in [4.78, 5) is 11.0. The molecule has 1 aliphatic heterocycles. The number of phosphoric ester groups is 1. The van der Waals surface area contributed by atoms with Gasteiger partial charge in [-0.25, -0.2) is 4.57 Å². The van der Waals surface area contributed by atoms with Crippen molar-refractivity contribution in [1.82, 2.24) is 0 Å². The number of phosphoric acid groups is 1. The number of hydrogen-bond donors (Lipinski definition) is 1. The molecule has 0 saturated heterocycles. The first kappa shape index (κ1) is 30.8. The van der Waals surface area contributed by atoms with Crippen molar-refractivity contribution in [3.8, 4) is 11.5 Å². The first-order valence-corrected chi connectivity index (χ1v) is 16.9. The van der Waals surface area contributed by atoms with Gasteiger partial charge in [0, 0.05) is 6.42 Å². The van der Waals surface area contributed by atoms with Crippen LogP contribution in [0.15, 0.2) is 24.3 Å². The molecule has 2 aromatic rings. The number of hydrogen-bond acceptors (Lipinski definition) is 3. The molecule has 0 amide bonds. The van der Waals surface area contributed by atoms with Crippen molar-refractivity contribution in [1.29, 1.82) is 0 Å². The minimum atomic E-state index is -4.34. The van der Waals surface area contributed by atoms with Gasteiger partial charge < -0.3 is 9.05 Å². The highest BCUT2D eigenvalue weighted by Crippen LogP contribution is 2.51. The van der Waals surface area contributed by atoms with Gasteiger partial charge >= 0.3 is 7.82 Å². The SMILES string of the molecule is CCCCCc1cc(CCCCC)c2c(c1)Cc1cc(CCCCC)cc(CCCCC)c1OP(=O)(O)O2. The van der Waals surface area contributed by atoms with E-state index in [-0.39, 0.29) is 0 Å². The molecule has 2 aromatic carbocycles. The van der Waals surface area contributed by atoms with Crippen LogP contribution in [0.4, 0.5) is 0 Å². The molecule has 0 spiro atoms. The maximum absolute atomic E-state index is 13.4.